The van der Waals surface area contributed by atoms with Crippen molar-refractivity contribution in [3.8, 4) is 0 Å². The van der Waals surface area contributed by atoms with E-state index in [0.717, 1.165) is 70.0 Å². The van der Waals surface area contributed by atoms with Gasteiger partial charge in [-0.15, -0.1) is 0 Å². The van der Waals surface area contributed by atoms with Crippen LogP contribution in [0.4, 0.5) is 4.39 Å². The fraction of sp³-hybridized carbons (Fsp3) is 0.931. The molecule has 2 saturated heterocycles. The van der Waals surface area contributed by atoms with E-state index in [-0.39, 0.29) is 24.6 Å². The molecule has 0 aromatic carbocycles. The molecule has 0 radical (unpaired) electrons. The molecule has 2 aliphatic heterocycles. The number of halogens is 1. The number of amidine groups is 1. The van der Waals surface area contributed by atoms with E-state index in [9.17, 15) is 9.18 Å². The number of alkyl halides is 1. The van der Waals surface area contributed by atoms with Gasteiger partial charge in [0.2, 0.25) is 5.91 Å². The number of carbonyl (C=O) groups is 1. The molecule has 0 spiro atoms. The van der Waals surface area contributed by atoms with Gasteiger partial charge in [-0.25, -0.2) is 0 Å². The molecule has 3 aliphatic carbocycles. The molecule has 0 bridgehead atoms. The first-order valence-electron chi connectivity index (χ1n) is 15.0. The van der Waals surface area contributed by atoms with Gasteiger partial charge in [0.15, 0.2) is 0 Å². The maximum atomic E-state index is 13.8. The molecule has 0 aromatic heterocycles. The number of likely N-dealkylation sites (tertiary alicyclic amines) is 2. The number of hydrogen-bond acceptors (Lipinski definition) is 3. The van der Waals surface area contributed by atoms with Gasteiger partial charge in [-0.05, 0) is 93.8 Å². The van der Waals surface area contributed by atoms with Crippen molar-refractivity contribution in [3.05, 3.63) is 0 Å². The van der Waals surface area contributed by atoms with Gasteiger partial charge in [0.05, 0.1) is 18.6 Å². The lowest BCUT2D eigenvalue weighted by Crippen LogP contribution is -2.52. The molecule has 5 nitrogen and oxygen atoms in total. The number of nitrogens with two attached hydrogens (primary N) is 1. The maximum absolute atomic E-state index is 13.8. The van der Waals surface area contributed by atoms with E-state index < -0.39 is 0 Å². The van der Waals surface area contributed by atoms with Crippen LogP contribution in [0.1, 0.15) is 96.3 Å². The van der Waals surface area contributed by atoms with Crippen LogP contribution in [0.2, 0.25) is 0 Å². The predicted octanol–water partition coefficient (Wildman–Crippen LogP) is 5.38. The maximum Gasteiger partial charge on any atom is 0.239 e. The lowest BCUT2D eigenvalue weighted by Gasteiger charge is -2.42. The topological polar surface area (TPSA) is 73.4 Å². The Hall–Kier alpha value is -1.17. The predicted molar refractivity (Wildman–Crippen MR) is 139 cm³/mol. The SMILES string of the molecule is N=C(N)C1CCC2CC(C(=O)N3CCC(CF)CC3)N(CC3CCC(C4CCCCC4)CC3)C2C1. The molecule has 3 saturated carbocycles. The quantitative estimate of drug-likeness (QED) is 0.390. The Morgan fingerprint density at radius 2 is 1.46 bits per heavy atom. The van der Waals surface area contributed by atoms with E-state index >= 15 is 0 Å². The largest absolute Gasteiger partial charge is 0.387 e. The number of nitrogens with zero attached hydrogens (tertiary/aromatic N) is 2. The van der Waals surface area contributed by atoms with Crippen LogP contribution in [0.15, 0.2) is 0 Å². The zero-order chi connectivity index (χ0) is 24.4. The molecule has 4 unspecified atom stereocenters. The summed E-state index contributed by atoms with van der Waals surface area (Å²) in [5.74, 6) is 4.10. The monoisotopic (exact) mass is 488 g/mol. The Labute approximate surface area is 212 Å². The smallest absolute Gasteiger partial charge is 0.239 e. The van der Waals surface area contributed by atoms with Gasteiger partial charge in [0.25, 0.3) is 0 Å². The summed E-state index contributed by atoms with van der Waals surface area (Å²) in [6.45, 7) is 2.23. The number of hydrogen-bond donors (Lipinski definition) is 2. The summed E-state index contributed by atoms with van der Waals surface area (Å²) < 4.78 is 13.1. The van der Waals surface area contributed by atoms with Gasteiger partial charge in [-0.2, -0.15) is 0 Å². The average molecular weight is 489 g/mol. The second-order valence-corrected chi connectivity index (χ2v) is 12.8. The number of amides is 1. The van der Waals surface area contributed by atoms with Crippen molar-refractivity contribution in [3.63, 3.8) is 0 Å². The molecule has 3 N–H and O–H groups in total. The summed E-state index contributed by atoms with van der Waals surface area (Å²) in [4.78, 5) is 18.4. The first-order valence-corrected chi connectivity index (χ1v) is 15.0. The van der Waals surface area contributed by atoms with E-state index in [4.69, 9.17) is 11.1 Å². The first kappa shape index (κ1) is 25.5. The van der Waals surface area contributed by atoms with Crippen molar-refractivity contribution < 1.29 is 9.18 Å². The summed E-state index contributed by atoms with van der Waals surface area (Å²) in [6, 6.07) is 0.375. The van der Waals surface area contributed by atoms with Crippen LogP contribution in [0.5, 0.6) is 0 Å². The van der Waals surface area contributed by atoms with Crippen molar-refractivity contribution >= 4 is 11.7 Å². The molecule has 5 aliphatic rings. The molecule has 4 atom stereocenters. The van der Waals surface area contributed by atoms with Crippen LogP contribution >= 0.6 is 0 Å². The van der Waals surface area contributed by atoms with Crippen LogP contribution in [-0.4, -0.2) is 59.9 Å². The normalized spacial score (nSPS) is 37.8. The zero-order valence-electron chi connectivity index (χ0n) is 21.8. The third-order valence-corrected chi connectivity index (χ3v) is 10.9. The Morgan fingerprint density at radius 1 is 0.800 bits per heavy atom. The second kappa shape index (κ2) is 11.5. The summed E-state index contributed by atoms with van der Waals surface area (Å²) in [5.41, 5.74) is 5.96. The fourth-order valence-electron chi connectivity index (χ4n) is 8.60. The van der Waals surface area contributed by atoms with Gasteiger partial charge < -0.3 is 10.6 Å². The zero-order valence-corrected chi connectivity index (χ0v) is 21.8. The van der Waals surface area contributed by atoms with Crippen LogP contribution < -0.4 is 5.73 Å². The molecule has 5 rings (SSSR count). The third kappa shape index (κ3) is 5.72. The first-order chi connectivity index (χ1) is 17.0. The molecular weight excluding hydrogens is 439 g/mol. The van der Waals surface area contributed by atoms with Crippen LogP contribution in [-0.2, 0) is 4.79 Å². The van der Waals surface area contributed by atoms with E-state index in [1.165, 1.54) is 57.8 Å². The van der Waals surface area contributed by atoms with Crippen molar-refractivity contribution in [2.75, 3.05) is 26.3 Å². The molecule has 35 heavy (non-hydrogen) atoms. The van der Waals surface area contributed by atoms with Gasteiger partial charge in [-0.3, -0.25) is 19.5 Å². The van der Waals surface area contributed by atoms with Crippen molar-refractivity contribution in [1.82, 2.24) is 9.80 Å². The minimum Gasteiger partial charge on any atom is -0.387 e. The highest BCUT2D eigenvalue weighted by atomic mass is 19.1. The molecule has 1 amide bonds. The van der Waals surface area contributed by atoms with E-state index in [1.54, 1.807) is 0 Å². The summed E-state index contributed by atoms with van der Waals surface area (Å²) in [7, 11) is 0. The minimum atomic E-state index is -0.252. The highest BCUT2D eigenvalue weighted by Gasteiger charge is 2.49. The highest BCUT2D eigenvalue weighted by Crippen LogP contribution is 2.45. The van der Waals surface area contributed by atoms with E-state index in [1.807, 2.05) is 4.90 Å². The van der Waals surface area contributed by atoms with Crippen LogP contribution in [0.25, 0.3) is 0 Å². The number of nitrogens with one attached hydrogen (secondary N) is 1. The summed E-state index contributed by atoms with van der Waals surface area (Å²) in [5, 5.41) is 8.06. The molecular formula is C29H49FN4O. The number of fused-ring (bicyclic) bond motifs is 1. The highest BCUT2D eigenvalue weighted by molar-refractivity contribution is 5.83. The molecule has 5 fully saturated rings. The van der Waals surface area contributed by atoms with Crippen LogP contribution in [0.3, 0.4) is 0 Å². The Kier molecular flexibility index (Phi) is 8.36. The lowest BCUT2D eigenvalue weighted by atomic mass is 9.71. The van der Waals surface area contributed by atoms with Crippen molar-refractivity contribution in [1.29, 1.82) is 5.41 Å². The fourth-order valence-corrected chi connectivity index (χ4v) is 8.60. The van der Waals surface area contributed by atoms with Gasteiger partial charge in [-0.1, -0.05) is 32.1 Å². The summed E-state index contributed by atoms with van der Waals surface area (Å²) >= 11 is 0. The summed E-state index contributed by atoms with van der Waals surface area (Å²) in [6.07, 6.45) is 18.2. The molecule has 2 heterocycles. The molecule has 6 heteroatoms. The molecule has 0 aromatic rings. The van der Waals surface area contributed by atoms with E-state index in [0.29, 0.717) is 29.6 Å². The lowest BCUT2D eigenvalue weighted by molar-refractivity contribution is -0.138. The van der Waals surface area contributed by atoms with Crippen molar-refractivity contribution in [2.45, 2.75) is 108 Å². The Balaban J connectivity index is 1.24. The average Bonchev–Trinajstić information content (AvgIpc) is 3.26. The second-order valence-electron chi connectivity index (χ2n) is 12.8. The van der Waals surface area contributed by atoms with E-state index in [2.05, 4.69) is 4.90 Å². The van der Waals surface area contributed by atoms with Gasteiger partial charge in [0.1, 0.15) is 0 Å². The number of piperidine rings is 1. The van der Waals surface area contributed by atoms with Crippen LogP contribution in [0, 0.1) is 40.9 Å². The van der Waals surface area contributed by atoms with Gasteiger partial charge in [0, 0.05) is 31.6 Å². The van der Waals surface area contributed by atoms with Gasteiger partial charge >= 0.3 is 0 Å². The standard InChI is InChI=1S/C29H49FN4O/c30-18-20-12-14-33(15-13-20)29(35)27-16-24-10-11-25(28(31)32)17-26(24)34(27)19-21-6-8-23(9-7-21)22-4-2-1-3-5-22/h20-27H,1-19H2,(H3,31,32). The third-order valence-electron chi connectivity index (χ3n) is 10.9. The molecule has 198 valence electrons. The van der Waals surface area contributed by atoms with Crippen molar-refractivity contribution in [2.24, 2.45) is 41.2 Å². The minimum absolute atomic E-state index is 0.0197. The number of rotatable bonds is 6. The Bertz CT molecular complexity index is 724. The Morgan fingerprint density at radius 3 is 2.11 bits per heavy atom. The number of carbonyl (C=O) groups excluding carboxylic acids is 1.